The number of benzene rings is 2. The summed E-state index contributed by atoms with van der Waals surface area (Å²) in [5, 5.41) is 4.09. The van der Waals surface area contributed by atoms with E-state index in [1.165, 1.54) is 5.56 Å². The minimum absolute atomic E-state index is 0.0229. The predicted molar refractivity (Wildman–Crippen MR) is 89.2 cm³/mol. The van der Waals surface area contributed by atoms with Gasteiger partial charge in [0.2, 0.25) is 5.91 Å². The highest BCUT2D eigenvalue weighted by Crippen LogP contribution is 2.22. The summed E-state index contributed by atoms with van der Waals surface area (Å²) < 4.78 is 0. The zero-order chi connectivity index (χ0) is 15.2. The molecule has 0 aliphatic carbocycles. The van der Waals surface area contributed by atoms with Gasteiger partial charge in [-0.1, -0.05) is 48.3 Å². The lowest BCUT2D eigenvalue weighted by molar-refractivity contribution is -0.116. The lowest BCUT2D eigenvalue weighted by Crippen LogP contribution is -2.12. The molecule has 1 N–H and O–H groups in total. The molecule has 2 nitrogen and oxygen atoms in total. The molecule has 0 unspecified atom stereocenters. The monoisotopic (exact) mass is 321 g/mol. The number of rotatable bonds is 5. The maximum atomic E-state index is 11.9. The Labute approximate surface area is 135 Å². The summed E-state index contributed by atoms with van der Waals surface area (Å²) in [7, 11) is 0. The van der Waals surface area contributed by atoms with Crippen LogP contribution in [-0.2, 0) is 17.6 Å². The molecule has 2 aromatic rings. The lowest BCUT2D eigenvalue weighted by atomic mass is 10.1. The summed E-state index contributed by atoms with van der Waals surface area (Å²) in [5.74, 6) is -0.0229. The normalized spacial score (nSPS) is 10.4. The molecule has 0 aliphatic rings. The standard InChI is InChI=1S/C17H17Cl2NO/c1-2-12-3-8-15(9-4-12)20-17(21)10-6-13-5-7-14(18)11-16(13)19/h3-5,7-9,11H,2,6,10H2,1H3,(H,20,21). The number of anilines is 1. The molecule has 2 rings (SSSR count). The maximum Gasteiger partial charge on any atom is 0.224 e. The van der Waals surface area contributed by atoms with E-state index < -0.39 is 0 Å². The van der Waals surface area contributed by atoms with Gasteiger partial charge in [0.15, 0.2) is 0 Å². The van der Waals surface area contributed by atoms with Crippen molar-refractivity contribution in [3.8, 4) is 0 Å². The third-order valence-electron chi connectivity index (χ3n) is 3.28. The summed E-state index contributed by atoms with van der Waals surface area (Å²) in [5.41, 5.74) is 3.00. The van der Waals surface area contributed by atoms with Crippen LogP contribution in [0.15, 0.2) is 42.5 Å². The van der Waals surface area contributed by atoms with Crippen LogP contribution in [0, 0.1) is 0 Å². The molecule has 0 aliphatic heterocycles. The van der Waals surface area contributed by atoms with E-state index in [1.54, 1.807) is 12.1 Å². The first kappa shape index (κ1) is 15.9. The maximum absolute atomic E-state index is 11.9. The molecule has 0 saturated heterocycles. The quantitative estimate of drug-likeness (QED) is 0.812. The van der Waals surface area contributed by atoms with Crippen molar-refractivity contribution in [2.45, 2.75) is 26.2 Å². The minimum Gasteiger partial charge on any atom is -0.326 e. The molecule has 1 amide bonds. The van der Waals surface area contributed by atoms with E-state index in [9.17, 15) is 4.79 Å². The van der Waals surface area contributed by atoms with E-state index >= 15 is 0 Å². The minimum atomic E-state index is -0.0229. The molecule has 0 aromatic heterocycles. The van der Waals surface area contributed by atoms with Crippen molar-refractivity contribution in [3.05, 3.63) is 63.6 Å². The van der Waals surface area contributed by atoms with Crippen LogP contribution in [0.5, 0.6) is 0 Å². The third kappa shape index (κ3) is 4.76. The van der Waals surface area contributed by atoms with Crippen LogP contribution in [0.2, 0.25) is 10.0 Å². The average molecular weight is 322 g/mol. The van der Waals surface area contributed by atoms with Gasteiger partial charge in [-0.15, -0.1) is 0 Å². The van der Waals surface area contributed by atoms with E-state index in [0.717, 1.165) is 17.7 Å². The van der Waals surface area contributed by atoms with Crippen molar-refractivity contribution in [1.29, 1.82) is 0 Å². The lowest BCUT2D eigenvalue weighted by Gasteiger charge is -2.07. The van der Waals surface area contributed by atoms with E-state index in [4.69, 9.17) is 23.2 Å². The largest absolute Gasteiger partial charge is 0.326 e. The molecule has 0 atom stereocenters. The fourth-order valence-electron chi connectivity index (χ4n) is 2.02. The van der Waals surface area contributed by atoms with Crippen LogP contribution in [0.25, 0.3) is 0 Å². The Kier molecular flexibility index (Phi) is 5.66. The summed E-state index contributed by atoms with van der Waals surface area (Å²) in [6.45, 7) is 2.10. The fraction of sp³-hybridized carbons (Fsp3) is 0.235. The molecule has 0 fully saturated rings. The molecule has 110 valence electrons. The summed E-state index contributed by atoms with van der Waals surface area (Å²) >= 11 is 11.9. The van der Waals surface area contributed by atoms with Crippen LogP contribution in [0.4, 0.5) is 5.69 Å². The van der Waals surface area contributed by atoms with Crippen molar-refractivity contribution in [3.63, 3.8) is 0 Å². The van der Waals surface area contributed by atoms with Gasteiger partial charge in [0.1, 0.15) is 0 Å². The third-order valence-corrected chi connectivity index (χ3v) is 3.87. The van der Waals surface area contributed by atoms with Crippen LogP contribution in [0.3, 0.4) is 0 Å². The Morgan fingerprint density at radius 3 is 2.43 bits per heavy atom. The predicted octanol–water partition coefficient (Wildman–Crippen LogP) is 5.13. The van der Waals surface area contributed by atoms with Gasteiger partial charge in [0.05, 0.1) is 0 Å². The van der Waals surface area contributed by atoms with Crippen LogP contribution in [-0.4, -0.2) is 5.91 Å². The Bertz CT molecular complexity index is 623. The number of hydrogen-bond donors (Lipinski definition) is 1. The van der Waals surface area contributed by atoms with Gasteiger partial charge in [0, 0.05) is 22.2 Å². The molecule has 21 heavy (non-hydrogen) atoms. The first-order valence-corrected chi connectivity index (χ1v) is 7.67. The van der Waals surface area contributed by atoms with Crippen molar-refractivity contribution >= 4 is 34.8 Å². The summed E-state index contributed by atoms with van der Waals surface area (Å²) in [6, 6.07) is 13.2. The summed E-state index contributed by atoms with van der Waals surface area (Å²) in [4.78, 5) is 11.9. The second kappa shape index (κ2) is 7.48. The molecular formula is C17H17Cl2NO. The molecular weight excluding hydrogens is 305 g/mol. The molecule has 0 heterocycles. The molecule has 0 bridgehead atoms. The zero-order valence-electron chi connectivity index (χ0n) is 11.8. The highest BCUT2D eigenvalue weighted by Gasteiger charge is 2.06. The van der Waals surface area contributed by atoms with Gasteiger partial charge < -0.3 is 5.32 Å². The highest BCUT2D eigenvalue weighted by molar-refractivity contribution is 6.35. The van der Waals surface area contributed by atoms with E-state index in [2.05, 4.69) is 12.2 Å². The van der Waals surface area contributed by atoms with Crippen LogP contribution in [0.1, 0.15) is 24.5 Å². The second-order valence-corrected chi connectivity index (χ2v) is 5.68. The van der Waals surface area contributed by atoms with Crippen molar-refractivity contribution in [1.82, 2.24) is 0 Å². The van der Waals surface area contributed by atoms with E-state index in [0.29, 0.717) is 22.9 Å². The van der Waals surface area contributed by atoms with Crippen LogP contribution < -0.4 is 5.32 Å². The SMILES string of the molecule is CCc1ccc(NC(=O)CCc2ccc(Cl)cc2Cl)cc1. The molecule has 0 spiro atoms. The number of nitrogens with one attached hydrogen (secondary N) is 1. The number of hydrogen-bond acceptors (Lipinski definition) is 1. The van der Waals surface area contributed by atoms with Gasteiger partial charge in [-0.05, 0) is 48.2 Å². The van der Waals surface area contributed by atoms with Crippen molar-refractivity contribution in [2.75, 3.05) is 5.32 Å². The van der Waals surface area contributed by atoms with E-state index in [-0.39, 0.29) is 5.91 Å². The number of amides is 1. The smallest absolute Gasteiger partial charge is 0.224 e. The van der Waals surface area contributed by atoms with Gasteiger partial charge >= 0.3 is 0 Å². The number of carbonyl (C=O) groups is 1. The summed E-state index contributed by atoms with van der Waals surface area (Å²) in [6.07, 6.45) is 1.97. The first-order chi connectivity index (χ1) is 10.1. The highest BCUT2D eigenvalue weighted by atomic mass is 35.5. The zero-order valence-corrected chi connectivity index (χ0v) is 13.3. The molecule has 4 heteroatoms. The van der Waals surface area contributed by atoms with Crippen molar-refractivity contribution in [2.24, 2.45) is 0 Å². The van der Waals surface area contributed by atoms with Gasteiger partial charge in [0.25, 0.3) is 0 Å². The Hall–Kier alpha value is -1.51. The van der Waals surface area contributed by atoms with Gasteiger partial charge in [-0.2, -0.15) is 0 Å². The number of aryl methyl sites for hydroxylation is 2. The van der Waals surface area contributed by atoms with E-state index in [1.807, 2.05) is 30.3 Å². The Morgan fingerprint density at radius 1 is 1.10 bits per heavy atom. The van der Waals surface area contributed by atoms with Crippen molar-refractivity contribution < 1.29 is 4.79 Å². The van der Waals surface area contributed by atoms with Crippen LogP contribution >= 0.6 is 23.2 Å². The van der Waals surface area contributed by atoms with Gasteiger partial charge in [-0.25, -0.2) is 0 Å². The molecule has 2 aromatic carbocycles. The fourth-order valence-corrected chi connectivity index (χ4v) is 2.52. The van der Waals surface area contributed by atoms with Gasteiger partial charge in [-0.3, -0.25) is 4.79 Å². The average Bonchev–Trinajstić information content (AvgIpc) is 2.47. The molecule has 0 radical (unpaired) electrons. The number of halogens is 2. The number of carbonyl (C=O) groups excluding carboxylic acids is 1. The Balaban J connectivity index is 1.89. The topological polar surface area (TPSA) is 29.1 Å². The Morgan fingerprint density at radius 2 is 1.81 bits per heavy atom. The molecule has 0 saturated carbocycles. The first-order valence-electron chi connectivity index (χ1n) is 6.91. The second-order valence-electron chi connectivity index (χ2n) is 4.83.